The number of carboxylic acid groups (broad SMARTS) is 1. The highest BCUT2D eigenvalue weighted by Gasteiger charge is 2.27. The van der Waals surface area contributed by atoms with Gasteiger partial charge in [-0.05, 0) is 37.7 Å². The first-order valence-corrected chi connectivity index (χ1v) is 9.78. The fourth-order valence-corrected chi connectivity index (χ4v) is 3.46. The van der Waals surface area contributed by atoms with E-state index in [1.807, 2.05) is 47.4 Å². The van der Waals surface area contributed by atoms with Gasteiger partial charge in [-0.25, -0.2) is 0 Å². The number of carboxylic acids is 1. The van der Waals surface area contributed by atoms with Gasteiger partial charge in [0.2, 0.25) is 5.91 Å². The van der Waals surface area contributed by atoms with Crippen molar-refractivity contribution in [1.82, 2.24) is 4.90 Å². The van der Waals surface area contributed by atoms with Crippen LogP contribution >= 0.6 is 0 Å². The van der Waals surface area contributed by atoms with Crippen LogP contribution in [0.25, 0.3) is 0 Å². The minimum absolute atomic E-state index is 0.120. The van der Waals surface area contributed by atoms with Crippen molar-refractivity contribution in [3.8, 4) is 0 Å². The fourth-order valence-electron chi connectivity index (χ4n) is 3.46. The van der Waals surface area contributed by atoms with Gasteiger partial charge in [0.25, 0.3) is 0 Å². The molecule has 5 heteroatoms. The molecule has 1 unspecified atom stereocenters. The van der Waals surface area contributed by atoms with Crippen molar-refractivity contribution in [3.05, 3.63) is 48.0 Å². The monoisotopic (exact) mass is 371 g/mol. The Balaban J connectivity index is 1.78. The predicted octanol–water partition coefficient (Wildman–Crippen LogP) is 3.77. The number of rotatable bonds is 11. The highest BCUT2D eigenvalue weighted by atomic mass is 16.4. The van der Waals surface area contributed by atoms with Gasteiger partial charge in [0.1, 0.15) is 5.78 Å². The molecule has 0 aliphatic carbocycles. The van der Waals surface area contributed by atoms with E-state index in [1.54, 1.807) is 0 Å². The summed E-state index contributed by atoms with van der Waals surface area (Å²) in [4.78, 5) is 36.9. The van der Waals surface area contributed by atoms with Crippen LogP contribution in [0.5, 0.6) is 0 Å². The van der Waals surface area contributed by atoms with Crippen molar-refractivity contribution in [2.75, 3.05) is 6.54 Å². The van der Waals surface area contributed by atoms with E-state index in [-0.39, 0.29) is 24.2 Å². The van der Waals surface area contributed by atoms with Gasteiger partial charge >= 0.3 is 5.97 Å². The fraction of sp³-hybridized carbons (Fsp3) is 0.500. The molecule has 5 nitrogen and oxygen atoms in total. The summed E-state index contributed by atoms with van der Waals surface area (Å²) in [5, 5.41) is 8.64. The highest BCUT2D eigenvalue weighted by Crippen LogP contribution is 2.22. The molecule has 1 heterocycles. The third kappa shape index (κ3) is 7.77. The van der Waals surface area contributed by atoms with Gasteiger partial charge in [0.15, 0.2) is 0 Å². The number of likely N-dealkylation sites (tertiary alicyclic amines) is 1. The second-order valence-corrected chi connectivity index (χ2v) is 7.09. The molecule has 1 saturated heterocycles. The Morgan fingerprint density at radius 1 is 1.15 bits per heavy atom. The molecule has 0 saturated carbocycles. The number of piperidine rings is 1. The summed E-state index contributed by atoms with van der Waals surface area (Å²) in [6.07, 6.45) is 9.42. The number of aliphatic carboxylic acids is 1. The average Bonchev–Trinajstić information content (AvgIpc) is 2.65. The van der Waals surface area contributed by atoms with Crippen LogP contribution in [0.1, 0.15) is 56.9 Å². The maximum Gasteiger partial charge on any atom is 0.303 e. The van der Waals surface area contributed by atoms with Gasteiger partial charge in [-0.1, -0.05) is 42.5 Å². The van der Waals surface area contributed by atoms with Crippen LogP contribution in [0.15, 0.2) is 42.5 Å². The summed E-state index contributed by atoms with van der Waals surface area (Å²) in [7, 11) is 0. The van der Waals surface area contributed by atoms with Gasteiger partial charge in [0.05, 0.1) is 0 Å². The second-order valence-electron chi connectivity index (χ2n) is 7.09. The van der Waals surface area contributed by atoms with Crippen LogP contribution in [-0.2, 0) is 20.8 Å². The molecule has 27 heavy (non-hydrogen) atoms. The van der Waals surface area contributed by atoms with Crippen LogP contribution < -0.4 is 0 Å². The number of carbonyl (C=O) groups excluding carboxylic acids is 2. The molecule has 1 N–H and O–H groups in total. The van der Waals surface area contributed by atoms with Gasteiger partial charge in [-0.3, -0.25) is 14.4 Å². The first kappa shape index (κ1) is 20.9. The molecule has 1 aromatic rings. The van der Waals surface area contributed by atoms with E-state index in [0.717, 1.165) is 18.4 Å². The number of allylic oxidation sites excluding steroid dienone is 1. The minimum atomic E-state index is -0.783. The van der Waals surface area contributed by atoms with Gasteiger partial charge in [0, 0.05) is 38.3 Å². The Bertz CT molecular complexity index is 654. The lowest BCUT2D eigenvalue weighted by molar-refractivity contribution is -0.137. The Kier molecular flexibility index (Phi) is 8.75. The van der Waals surface area contributed by atoms with Gasteiger partial charge in [-0.15, -0.1) is 0 Å². The number of hydrogen-bond acceptors (Lipinski definition) is 3. The number of Topliss-reactive ketones (excluding diaryl/α,β-unsaturated/α-hetero) is 1. The van der Waals surface area contributed by atoms with Crippen LogP contribution in [0.4, 0.5) is 0 Å². The first-order valence-electron chi connectivity index (χ1n) is 9.78. The van der Waals surface area contributed by atoms with Crippen molar-refractivity contribution in [3.63, 3.8) is 0 Å². The van der Waals surface area contributed by atoms with Gasteiger partial charge in [-0.2, -0.15) is 0 Å². The van der Waals surface area contributed by atoms with Crippen molar-refractivity contribution in [2.45, 2.75) is 63.8 Å². The average molecular weight is 371 g/mol. The van der Waals surface area contributed by atoms with Crippen LogP contribution in [-0.4, -0.2) is 40.3 Å². The summed E-state index contributed by atoms with van der Waals surface area (Å²) in [5.41, 5.74) is 1.03. The summed E-state index contributed by atoms with van der Waals surface area (Å²) in [5.74, 6) is -0.421. The Labute approximate surface area is 161 Å². The molecule has 1 aromatic carbocycles. The quantitative estimate of drug-likeness (QED) is 0.475. The Morgan fingerprint density at radius 3 is 2.67 bits per heavy atom. The molecule has 2 rings (SSSR count). The summed E-state index contributed by atoms with van der Waals surface area (Å²) >= 11 is 0. The Morgan fingerprint density at radius 2 is 1.93 bits per heavy atom. The smallest absolute Gasteiger partial charge is 0.303 e. The molecule has 1 atom stereocenters. The third-order valence-electron chi connectivity index (χ3n) is 4.92. The van der Waals surface area contributed by atoms with E-state index < -0.39 is 5.97 Å². The number of ketones is 1. The largest absolute Gasteiger partial charge is 0.481 e. The number of benzene rings is 1. The molecular weight excluding hydrogens is 342 g/mol. The van der Waals surface area contributed by atoms with Crippen LogP contribution in [0.3, 0.4) is 0 Å². The molecule has 1 aliphatic rings. The van der Waals surface area contributed by atoms with Crippen molar-refractivity contribution in [1.29, 1.82) is 0 Å². The molecule has 1 aliphatic heterocycles. The van der Waals surface area contributed by atoms with E-state index in [0.29, 0.717) is 45.1 Å². The highest BCUT2D eigenvalue weighted by molar-refractivity contribution is 5.81. The molecular formula is C22H29NO4. The second kappa shape index (κ2) is 11.3. The first-order chi connectivity index (χ1) is 13.1. The lowest BCUT2D eigenvalue weighted by Gasteiger charge is -2.35. The maximum absolute atomic E-state index is 12.3. The number of hydrogen-bond donors (Lipinski definition) is 1. The van der Waals surface area contributed by atoms with Crippen molar-refractivity contribution in [2.24, 2.45) is 0 Å². The van der Waals surface area contributed by atoms with Crippen LogP contribution in [0, 0.1) is 0 Å². The molecule has 0 aromatic heterocycles. The van der Waals surface area contributed by atoms with Crippen molar-refractivity contribution < 1.29 is 19.5 Å². The number of unbranched alkanes of at least 4 members (excludes halogenated alkanes) is 1. The minimum Gasteiger partial charge on any atom is -0.481 e. The summed E-state index contributed by atoms with van der Waals surface area (Å²) in [6.45, 7) is 0.545. The molecule has 1 fully saturated rings. The lowest BCUT2D eigenvalue weighted by Crippen LogP contribution is -2.43. The van der Waals surface area contributed by atoms with E-state index in [1.165, 1.54) is 0 Å². The topological polar surface area (TPSA) is 74.7 Å². The number of amides is 1. The SMILES string of the molecule is O=C(O)CCC/C=C\CN1C(=O)CCCC1CCC(=O)Cc1ccccc1. The standard InChI is InChI=1S/C22H29NO4/c24-20(17-18-9-4-3-5-10-18)15-14-19-11-8-12-21(25)23(19)16-7-2-1-6-13-22(26)27/h2-5,7,9-10,19H,1,6,8,11-17H2,(H,26,27)/b7-2-. The zero-order chi connectivity index (χ0) is 19.5. The molecule has 0 radical (unpaired) electrons. The zero-order valence-corrected chi connectivity index (χ0v) is 15.8. The molecule has 146 valence electrons. The van der Waals surface area contributed by atoms with Crippen LogP contribution in [0.2, 0.25) is 0 Å². The maximum atomic E-state index is 12.3. The van der Waals surface area contributed by atoms with E-state index in [2.05, 4.69) is 0 Å². The zero-order valence-electron chi connectivity index (χ0n) is 15.8. The Hall–Kier alpha value is -2.43. The van der Waals surface area contributed by atoms with E-state index >= 15 is 0 Å². The normalized spacial score (nSPS) is 17.4. The molecule has 1 amide bonds. The van der Waals surface area contributed by atoms with Gasteiger partial charge < -0.3 is 10.0 Å². The summed E-state index contributed by atoms with van der Waals surface area (Å²) in [6, 6.07) is 9.86. The number of nitrogens with zero attached hydrogens (tertiary/aromatic N) is 1. The summed E-state index contributed by atoms with van der Waals surface area (Å²) < 4.78 is 0. The molecule has 0 bridgehead atoms. The number of carbonyl (C=O) groups is 3. The van der Waals surface area contributed by atoms with Crippen molar-refractivity contribution >= 4 is 17.7 Å². The van der Waals surface area contributed by atoms with E-state index in [4.69, 9.17) is 5.11 Å². The third-order valence-corrected chi connectivity index (χ3v) is 4.92. The predicted molar refractivity (Wildman–Crippen MR) is 104 cm³/mol. The lowest BCUT2D eigenvalue weighted by atomic mass is 9.95. The molecule has 0 spiro atoms. The van der Waals surface area contributed by atoms with E-state index in [9.17, 15) is 14.4 Å².